The number of carbonyl (C=O) groups is 2. The summed E-state index contributed by atoms with van der Waals surface area (Å²) in [5.41, 5.74) is 6.50. The van der Waals surface area contributed by atoms with Gasteiger partial charge in [-0.05, 0) is 86.9 Å². The number of allylic oxidation sites excluding steroid dienone is 1. The van der Waals surface area contributed by atoms with Crippen molar-refractivity contribution in [2.45, 2.75) is 71.9 Å². The largest absolute Gasteiger partial charge is 0.444 e. The smallest absolute Gasteiger partial charge is 0.410 e. The number of hydrogen-bond acceptors (Lipinski definition) is 6. The molecule has 1 saturated carbocycles. The van der Waals surface area contributed by atoms with Crippen LogP contribution in [-0.2, 0) is 4.74 Å². The fourth-order valence-electron chi connectivity index (χ4n) is 6.36. The Morgan fingerprint density at radius 1 is 0.978 bits per heavy atom. The molecule has 2 amide bonds. The maximum atomic E-state index is 13.8. The molecule has 1 aliphatic carbocycles. The van der Waals surface area contributed by atoms with Crippen molar-refractivity contribution in [1.82, 2.24) is 20.4 Å². The molecule has 0 radical (unpaired) electrons. The Balaban J connectivity index is 1.18. The molecule has 2 fully saturated rings. The molecule has 4 aromatic rings. The van der Waals surface area contributed by atoms with Crippen LogP contribution in [0.1, 0.15) is 99.1 Å². The van der Waals surface area contributed by atoms with E-state index in [-0.39, 0.29) is 35.2 Å². The van der Waals surface area contributed by atoms with Crippen LogP contribution in [0.3, 0.4) is 0 Å². The Hall–Kier alpha value is -4.53. The number of nitrogens with zero attached hydrogens (tertiary/aromatic N) is 3. The molecule has 6 rings (SSSR count). The predicted molar refractivity (Wildman–Crippen MR) is 170 cm³/mol. The van der Waals surface area contributed by atoms with E-state index in [1.54, 1.807) is 11.0 Å². The third-order valence-corrected chi connectivity index (χ3v) is 8.58. The molecule has 1 atom stereocenters. The second-order valence-electron chi connectivity index (χ2n) is 13.8. The summed E-state index contributed by atoms with van der Waals surface area (Å²) in [5, 5.41) is 7.92. The van der Waals surface area contributed by atoms with Gasteiger partial charge in [-0.25, -0.2) is 14.2 Å². The summed E-state index contributed by atoms with van der Waals surface area (Å²) in [6.45, 7) is 13.0. The molecule has 3 heterocycles. The van der Waals surface area contributed by atoms with E-state index in [4.69, 9.17) is 9.26 Å². The first-order valence-electron chi connectivity index (χ1n) is 15.4. The number of halogens is 1. The van der Waals surface area contributed by atoms with Crippen molar-refractivity contribution < 1.29 is 23.2 Å². The minimum atomic E-state index is -0.520. The minimum Gasteiger partial charge on any atom is -0.444 e. The number of fused-ring (bicyclic) bond motifs is 1. The third-order valence-electron chi connectivity index (χ3n) is 8.58. The Kier molecular flexibility index (Phi) is 7.75. The van der Waals surface area contributed by atoms with Gasteiger partial charge in [0, 0.05) is 24.7 Å². The van der Waals surface area contributed by atoms with E-state index in [0.717, 1.165) is 46.2 Å². The zero-order valence-electron chi connectivity index (χ0n) is 26.6. The average molecular weight is 611 g/mol. The number of likely N-dealkylation sites (tertiary alicyclic amines) is 1. The molecule has 2 aliphatic rings. The van der Waals surface area contributed by atoms with Crippen LogP contribution in [0.15, 0.2) is 70.9 Å². The highest BCUT2D eigenvalue weighted by atomic mass is 19.1. The zero-order valence-corrected chi connectivity index (χ0v) is 26.6. The van der Waals surface area contributed by atoms with Crippen LogP contribution in [0, 0.1) is 11.2 Å². The molecule has 1 saturated heterocycles. The Morgan fingerprint density at radius 2 is 1.60 bits per heavy atom. The maximum absolute atomic E-state index is 13.8. The average Bonchev–Trinajstić information content (AvgIpc) is 3.37. The van der Waals surface area contributed by atoms with Gasteiger partial charge in [0.25, 0.3) is 11.6 Å². The molecule has 2 aromatic carbocycles. The standard InChI is InChI=1S/C36H39FN4O4/c1-21(2)31-29-15-26(18-38-33(29)45-40-31)32(42)39-22(3)23-7-9-24(10-8-23)30(25-11-13-28(37)14-12-25)27-16-36(17-27)19-41(20-36)34(43)44-35(4,5)6/h7-15,18,21-22H,16-17,19-20H2,1-6H3,(H,39,42)/t22-/m1/s1. The van der Waals surface area contributed by atoms with E-state index in [2.05, 4.69) is 27.6 Å². The Bertz CT molecular complexity index is 1770. The highest BCUT2D eigenvalue weighted by Gasteiger charge is 2.53. The van der Waals surface area contributed by atoms with E-state index in [1.807, 2.05) is 65.8 Å². The predicted octanol–water partition coefficient (Wildman–Crippen LogP) is 7.81. The fourth-order valence-corrected chi connectivity index (χ4v) is 6.36. The van der Waals surface area contributed by atoms with Gasteiger partial charge in [0.1, 0.15) is 11.4 Å². The maximum Gasteiger partial charge on any atom is 0.410 e. The normalized spacial score (nSPS) is 16.4. The summed E-state index contributed by atoms with van der Waals surface area (Å²) >= 11 is 0. The van der Waals surface area contributed by atoms with Gasteiger partial charge in [0.05, 0.1) is 22.7 Å². The van der Waals surface area contributed by atoms with Crippen molar-refractivity contribution in [2.75, 3.05) is 13.1 Å². The van der Waals surface area contributed by atoms with E-state index in [0.29, 0.717) is 24.4 Å². The molecular weight excluding hydrogens is 571 g/mol. The van der Waals surface area contributed by atoms with E-state index < -0.39 is 5.60 Å². The Morgan fingerprint density at radius 3 is 2.20 bits per heavy atom. The van der Waals surface area contributed by atoms with Crippen LogP contribution < -0.4 is 5.32 Å². The molecule has 1 spiro atoms. The lowest BCUT2D eigenvalue weighted by Crippen LogP contribution is -2.62. The number of carbonyl (C=O) groups excluding carboxylic acids is 2. The monoisotopic (exact) mass is 610 g/mol. The van der Waals surface area contributed by atoms with Crippen molar-refractivity contribution in [3.05, 3.63) is 100 Å². The van der Waals surface area contributed by atoms with Gasteiger partial charge < -0.3 is 19.5 Å². The lowest BCUT2D eigenvalue weighted by Gasteiger charge is -2.57. The van der Waals surface area contributed by atoms with Crippen molar-refractivity contribution in [1.29, 1.82) is 0 Å². The van der Waals surface area contributed by atoms with Gasteiger partial charge >= 0.3 is 6.09 Å². The van der Waals surface area contributed by atoms with Crippen LogP contribution >= 0.6 is 0 Å². The van der Waals surface area contributed by atoms with Crippen LogP contribution in [0.25, 0.3) is 16.7 Å². The second-order valence-corrected chi connectivity index (χ2v) is 13.8. The number of pyridine rings is 1. The van der Waals surface area contributed by atoms with Crippen molar-refractivity contribution in [3.8, 4) is 0 Å². The number of hydrogen-bond donors (Lipinski definition) is 1. The first kappa shape index (κ1) is 30.5. The van der Waals surface area contributed by atoms with Crippen molar-refractivity contribution in [2.24, 2.45) is 5.41 Å². The van der Waals surface area contributed by atoms with Gasteiger partial charge in [0.2, 0.25) is 0 Å². The Labute approximate surface area is 262 Å². The van der Waals surface area contributed by atoms with Crippen molar-refractivity contribution >= 4 is 28.7 Å². The lowest BCUT2D eigenvalue weighted by atomic mass is 9.59. The highest BCUT2D eigenvalue weighted by Crippen LogP contribution is 2.55. The van der Waals surface area contributed by atoms with Crippen LogP contribution in [0.2, 0.25) is 0 Å². The number of rotatable bonds is 6. The molecule has 0 unspecified atom stereocenters. The molecule has 0 bridgehead atoms. The molecule has 234 valence electrons. The van der Waals surface area contributed by atoms with E-state index in [9.17, 15) is 14.0 Å². The second kappa shape index (κ2) is 11.4. The van der Waals surface area contributed by atoms with Crippen LogP contribution in [0.5, 0.6) is 0 Å². The molecule has 9 heteroatoms. The summed E-state index contributed by atoms with van der Waals surface area (Å²) in [4.78, 5) is 31.7. The van der Waals surface area contributed by atoms with Gasteiger partial charge in [-0.15, -0.1) is 0 Å². The summed E-state index contributed by atoms with van der Waals surface area (Å²) in [7, 11) is 0. The van der Waals surface area contributed by atoms with Crippen LogP contribution in [-0.4, -0.2) is 45.7 Å². The molecule has 1 N–H and O–H groups in total. The van der Waals surface area contributed by atoms with Gasteiger partial charge in [0.15, 0.2) is 0 Å². The number of aromatic nitrogens is 2. The third kappa shape index (κ3) is 6.21. The first-order chi connectivity index (χ1) is 21.3. The van der Waals surface area contributed by atoms with E-state index in [1.165, 1.54) is 23.9 Å². The summed E-state index contributed by atoms with van der Waals surface area (Å²) < 4.78 is 24.7. The molecular formula is C36H39FN4O4. The van der Waals surface area contributed by atoms with Crippen molar-refractivity contribution in [3.63, 3.8) is 0 Å². The number of amides is 2. The molecule has 8 nitrogen and oxygen atoms in total. The summed E-state index contributed by atoms with van der Waals surface area (Å²) in [6.07, 6.45) is 2.98. The summed E-state index contributed by atoms with van der Waals surface area (Å²) in [6, 6.07) is 16.3. The topological polar surface area (TPSA) is 97.6 Å². The lowest BCUT2D eigenvalue weighted by molar-refractivity contribution is -0.0500. The zero-order chi connectivity index (χ0) is 32.1. The highest BCUT2D eigenvalue weighted by molar-refractivity contribution is 5.97. The number of ether oxygens (including phenoxy) is 1. The van der Waals surface area contributed by atoms with E-state index >= 15 is 0 Å². The van der Waals surface area contributed by atoms with Crippen LogP contribution in [0.4, 0.5) is 9.18 Å². The number of nitrogens with one attached hydrogen (secondary N) is 1. The van der Waals surface area contributed by atoms with Gasteiger partial charge in [-0.2, -0.15) is 0 Å². The summed E-state index contributed by atoms with van der Waals surface area (Å²) in [5.74, 6) is -0.365. The van der Waals surface area contributed by atoms with Gasteiger partial charge in [-0.3, -0.25) is 4.79 Å². The fraction of sp³-hybridized carbons (Fsp3) is 0.389. The minimum absolute atomic E-state index is 0.0661. The SMILES string of the molecule is CC(C)c1noc2ncc(C(=O)N[C@H](C)c3ccc(C(=C4CC5(C4)CN(C(=O)OC(C)(C)C)C5)c4ccc(F)cc4)cc3)cc12. The number of benzene rings is 2. The first-order valence-corrected chi connectivity index (χ1v) is 15.4. The molecule has 45 heavy (non-hydrogen) atoms. The van der Waals surface area contributed by atoms with Gasteiger partial charge in [-0.1, -0.05) is 61.0 Å². The molecule has 1 aliphatic heterocycles. The molecule has 2 aromatic heterocycles. The quantitative estimate of drug-likeness (QED) is 0.239.